The van der Waals surface area contributed by atoms with E-state index in [4.69, 9.17) is 0 Å². The Morgan fingerprint density at radius 2 is 1.66 bits per heavy atom. The number of hydrogen-bond donors (Lipinski definition) is 1. The van der Waals surface area contributed by atoms with E-state index in [1.807, 2.05) is 0 Å². The number of fused-ring (bicyclic) bond motifs is 5. The highest BCUT2D eigenvalue weighted by molar-refractivity contribution is 5.78. The van der Waals surface area contributed by atoms with Crippen molar-refractivity contribution < 1.29 is 9.59 Å². The van der Waals surface area contributed by atoms with Crippen LogP contribution in [0, 0.1) is 46.3 Å². The van der Waals surface area contributed by atoms with Gasteiger partial charge < -0.3 is 10.2 Å². The van der Waals surface area contributed by atoms with Gasteiger partial charge in [0.25, 0.3) is 0 Å². The number of nitrogens with one attached hydrogen (secondary N) is 1. The van der Waals surface area contributed by atoms with Crippen LogP contribution in [0.25, 0.3) is 0 Å². The molecule has 4 saturated carbocycles. The normalized spacial score (nSPS) is 48.6. The number of hydrogen-bond acceptors (Lipinski definition) is 2. The molecule has 0 spiro atoms. The highest BCUT2D eigenvalue weighted by Crippen LogP contribution is 2.66. The van der Waals surface area contributed by atoms with Crippen LogP contribution in [-0.2, 0) is 9.59 Å². The van der Waals surface area contributed by atoms with E-state index in [9.17, 15) is 9.59 Å². The summed E-state index contributed by atoms with van der Waals surface area (Å²) in [4.78, 5) is 27.3. The minimum Gasteiger partial charge on any atom is -0.356 e. The Bertz CT molecular complexity index is 744. The monoisotopic (exact) mass is 442 g/mol. The minimum atomic E-state index is 0.258. The van der Waals surface area contributed by atoms with Gasteiger partial charge in [0.1, 0.15) is 0 Å². The number of carbonyl (C=O) groups excluding carboxylic acids is 2. The lowest BCUT2D eigenvalue weighted by Crippen LogP contribution is -2.61. The van der Waals surface area contributed by atoms with Gasteiger partial charge in [-0.3, -0.25) is 9.59 Å². The molecule has 32 heavy (non-hydrogen) atoms. The summed E-state index contributed by atoms with van der Waals surface area (Å²) < 4.78 is 0. The molecule has 1 heterocycles. The minimum absolute atomic E-state index is 0.258. The highest BCUT2D eigenvalue weighted by Gasteiger charge is 2.61. The van der Waals surface area contributed by atoms with E-state index in [-0.39, 0.29) is 5.92 Å². The van der Waals surface area contributed by atoms with Crippen LogP contribution in [0.1, 0.15) is 97.8 Å². The average molecular weight is 443 g/mol. The van der Waals surface area contributed by atoms with Gasteiger partial charge in [0, 0.05) is 32.0 Å². The van der Waals surface area contributed by atoms with Crippen molar-refractivity contribution in [3.8, 4) is 0 Å². The van der Waals surface area contributed by atoms with Crippen molar-refractivity contribution in [3.05, 3.63) is 0 Å². The van der Waals surface area contributed by atoms with Crippen molar-refractivity contribution in [1.82, 2.24) is 10.2 Å². The second kappa shape index (κ2) is 8.31. The lowest BCUT2D eigenvalue weighted by atomic mass is 9.47. The van der Waals surface area contributed by atoms with Crippen LogP contribution in [0.15, 0.2) is 0 Å². The summed E-state index contributed by atoms with van der Waals surface area (Å²) in [5, 5.41) is 3.42. The molecule has 0 aromatic rings. The van der Waals surface area contributed by atoms with E-state index < -0.39 is 0 Å². The fourth-order valence-corrected chi connectivity index (χ4v) is 9.49. The summed E-state index contributed by atoms with van der Waals surface area (Å²) >= 11 is 0. The van der Waals surface area contributed by atoms with Gasteiger partial charge in [-0.1, -0.05) is 20.8 Å². The maximum Gasteiger partial charge on any atom is 0.223 e. The van der Waals surface area contributed by atoms with Crippen LogP contribution >= 0.6 is 0 Å². The molecular weight excluding hydrogens is 396 g/mol. The van der Waals surface area contributed by atoms with Crippen LogP contribution in [0.3, 0.4) is 0 Å². The number of piperidine rings is 1. The highest BCUT2D eigenvalue weighted by atomic mass is 16.2. The van der Waals surface area contributed by atoms with Crippen molar-refractivity contribution >= 4 is 11.8 Å². The van der Waals surface area contributed by atoms with Crippen molar-refractivity contribution in [1.29, 1.82) is 0 Å². The summed E-state index contributed by atoms with van der Waals surface area (Å²) in [5.74, 6) is 4.78. The van der Waals surface area contributed by atoms with Crippen molar-refractivity contribution in [3.63, 3.8) is 0 Å². The Balaban J connectivity index is 1.24. The van der Waals surface area contributed by atoms with E-state index in [0.29, 0.717) is 34.6 Å². The molecule has 0 aromatic heterocycles. The van der Waals surface area contributed by atoms with Gasteiger partial charge in [0.2, 0.25) is 11.8 Å². The molecule has 1 saturated heterocycles. The molecule has 5 rings (SSSR count). The fraction of sp³-hybridized carbons (Fsp3) is 0.929. The van der Waals surface area contributed by atoms with Crippen LogP contribution in [-0.4, -0.2) is 36.3 Å². The third-order valence-electron chi connectivity index (χ3n) is 11.7. The summed E-state index contributed by atoms with van der Waals surface area (Å²) in [6, 6.07) is 0.448. The topological polar surface area (TPSA) is 49.4 Å². The average Bonchev–Trinajstić information content (AvgIpc) is 3.12. The summed E-state index contributed by atoms with van der Waals surface area (Å²) in [5.41, 5.74) is 0.687. The van der Waals surface area contributed by atoms with Gasteiger partial charge in [-0.2, -0.15) is 0 Å². The lowest BCUT2D eigenvalue weighted by molar-refractivity contribution is -0.158. The predicted molar refractivity (Wildman–Crippen MR) is 128 cm³/mol. The number of nitrogens with zero attached hydrogens (tertiary/aromatic N) is 1. The molecule has 0 unspecified atom stereocenters. The van der Waals surface area contributed by atoms with Gasteiger partial charge in [-0.15, -0.1) is 0 Å². The molecule has 5 aliphatic rings. The summed E-state index contributed by atoms with van der Waals surface area (Å²) in [7, 11) is 2.05. The zero-order valence-corrected chi connectivity index (χ0v) is 21.0. The second-order valence-electron chi connectivity index (χ2n) is 13.0. The van der Waals surface area contributed by atoms with Gasteiger partial charge in [-0.25, -0.2) is 0 Å². The van der Waals surface area contributed by atoms with Gasteiger partial charge in [0.05, 0.1) is 0 Å². The first-order valence-corrected chi connectivity index (χ1v) is 13.8. The van der Waals surface area contributed by atoms with E-state index in [0.717, 1.165) is 55.9 Å². The van der Waals surface area contributed by atoms with Gasteiger partial charge in [0.15, 0.2) is 0 Å². The van der Waals surface area contributed by atoms with Crippen molar-refractivity contribution in [2.24, 2.45) is 46.3 Å². The molecule has 0 radical (unpaired) electrons. The molecule has 0 bridgehead atoms. The number of likely N-dealkylation sites (tertiary alicyclic amines) is 1. The van der Waals surface area contributed by atoms with Crippen molar-refractivity contribution in [2.45, 2.75) is 104 Å². The lowest BCUT2D eigenvalue weighted by Gasteiger charge is -2.61. The number of rotatable bonds is 3. The van der Waals surface area contributed by atoms with Crippen LogP contribution < -0.4 is 5.32 Å². The molecule has 2 amide bonds. The first-order chi connectivity index (χ1) is 15.2. The summed E-state index contributed by atoms with van der Waals surface area (Å²) in [6.07, 6.45) is 14.1. The summed E-state index contributed by atoms with van der Waals surface area (Å²) in [6.45, 7) is 8.29. The molecule has 0 aromatic carbocycles. The fourth-order valence-electron chi connectivity index (χ4n) is 9.49. The van der Waals surface area contributed by atoms with Crippen LogP contribution in [0.2, 0.25) is 0 Å². The second-order valence-corrected chi connectivity index (χ2v) is 13.0. The van der Waals surface area contributed by atoms with Crippen LogP contribution in [0.5, 0.6) is 0 Å². The quantitative estimate of drug-likeness (QED) is 0.635. The zero-order valence-electron chi connectivity index (χ0n) is 21.0. The molecule has 1 N–H and O–H groups in total. The number of carbonyl (C=O) groups is 2. The number of amides is 2. The van der Waals surface area contributed by atoms with Gasteiger partial charge in [-0.05, 0) is 111 Å². The van der Waals surface area contributed by atoms with E-state index >= 15 is 0 Å². The maximum atomic E-state index is 12.9. The Kier molecular flexibility index (Phi) is 5.90. The third kappa shape index (κ3) is 3.54. The Labute approximate surface area is 195 Å². The largest absolute Gasteiger partial charge is 0.356 e. The van der Waals surface area contributed by atoms with E-state index in [2.05, 4.69) is 38.0 Å². The van der Waals surface area contributed by atoms with E-state index in [1.54, 1.807) is 0 Å². The molecule has 4 heteroatoms. The predicted octanol–water partition coefficient (Wildman–Crippen LogP) is 5.41. The molecule has 180 valence electrons. The first-order valence-electron chi connectivity index (χ1n) is 13.8. The molecule has 1 aliphatic heterocycles. The van der Waals surface area contributed by atoms with E-state index in [1.165, 1.54) is 51.4 Å². The SMILES string of the molecule is CC1CCC(C(=O)NC[C@H]2CC[C@H]3[C@@H]4CC[C@H]5N(C)C(=O)CC[C@]5(C)[C@H]4CC[C@]23C)CC1. The first kappa shape index (κ1) is 22.7. The Hall–Kier alpha value is -1.06. The van der Waals surface area contributed by atoms with Crippen LogP contribution in [0.4, 0.5) is 0 Å². The Morgan fingerprint density at radius 1 is 0.938 bits per heavy atom. The molecule has 7 atom stereocenters. The molecule has 5 fully saturated rings. The molecular formula is C28H46N2O2. The molecule has 4 aliphatic carbocycles. The zero-order chi connectivity index (χ0) is 22.7. The Morgan fingerprint density at radius 3 is 2.41 bits per heavy atom. The third-order valence-corrected chi connectivity index (χ3v) is 11.7. The maximum absolute atomic E-state index is 12.9. The standard InChI is InChI=1S/C28H46N2O2/c1-18-5-7-19(8-6-18)26(32)29-17-20-9-11-22-21-10-12-24-28(3,16-14-25(31)30(24)4)23(21)13-15-27(20,22)2/h18-24H,5-17H2,1-4H3,(H,29,32)/t18?,19?,20-,21+,22+,23+,24-,27-,28-/m1/s1. The van der Waals surface area contributed by atoms with Crippen molar-refractivity contribution in [2.75, 3.05) is 13.6 Å². The molecule has 4 nitrogen and oxygen atoms in total. The van der Waals surface area contributed by atoms with Gasteiger partial charge >= 0.3 is 0 Å². The smallest absolute Gasteiger partial charge is 0.223 e.